The Kier molecular flexibility index (Phi) is 8.38. The van der Waals surface area contributed by atoms with Crippen LogP contribution in [0.4, 0.5) is 0 Å². The summed E-state index contributed by atoms with van der Waals surface area (Å²) in [6, 6.07) is 3.60. The van der Waals surface area contributed by atoms with E-state index in [0.717, 1.165) is 4.90 Å². The summed E-state index contributed by atoms with van der Waals surface area (Å²) in [5.41, 5.74) is 0.198. The highest BCUT2D eigenvalue weighted by molar-refractivity contribution is 7.98. The molecule has 0 spiro atoms. The first-order valence-electron chi connectivity index (χ1n) is 6.98. The van der Waals surface area contributed by atoms with Gasteiger partial charge in [0.25, 0.3) is 5.91 Å². The van der Waals surface area contributed by atoms with E-state index in [1.54, 1.807) is 0 Å². The number of aliphatic carboxylic acids is 1. The number of carbonyl (C=O) groups excluding carboxylic acids is 2. The molecule has 6 nitrogen and oxygen atoms in total. The first-order chi connectivity index (χ1) is 11.3. The van der Waals surface area contributed by atoms with Crippen LogP contribution in [0, 0.1) is 0 Å². The predicted molar refractivity (Wildman–Crippen MR) is 96.0 cm³/mol. The summed E-state index contributed by atoms with van der Waals surface area (Å²) in [5.74, 6) is -1.47. The van der Waals surface area contributed by atoms with Gasteiger partial charge in [-0.05, 0) is 36.6 Å². The van der Waals surface area contributed by atoms with E-state index in [-0.39, 0.29) is 10.6 Å². The van der Waals surface area contributed by atoms with Gasteiger partial charge in [-0.25, -0.2) is 0 Å². The maximum atomic E-state index is 12.4. The molecule has 132 valence electrons. The molecule has 0 saturated heterocycles. The summed E-state index contributed by atoms with van der Waals surface area (Å²) in [7, 11) is 1.38. The SMILES string of the molecule is CSCCC(NC(=O)c1ccc(Cl)cc1Cl)C(=O)N(C)CC(=O)O. The van der Waals surface area contributed by atoms with E-state index in [2.05, 4.69) is 5.32 Å². The number of carbonyl (C=O) groups is 3. The summed E-state index contributed by atoms with van der Waals surface area (Å²) < 4.78 is 0. The Morgan fingerprint density at radius 1 is 1.33 bits per heavy atom. The van der Waals surface area contributed by atoms with Crippen molar-refractivity contribution >= 4 is 52.7 Å². The molecule has 0 fully saturated rings. The van der Waals surface area contributed by atoms with E-state index in [4.69, 9.17) is 28.3 Å². The molecule has 0 heterocycles. The van der Waals surface area contributed by atoms with Crippen molar-refractivity contribution in [3.8, 4) is 0 Å². The van der Waals surface area contributed by atoms with Crippen molar-refractivity contribution in [1.29, 1.82) is 0 Å². The van der Waals surface area contributed by atoms with Gasteiger partial charge in [0.15, 0.2) is 0 Å². The van der Waals surface area contributed by atoms with Gasteiger partial charge < -0.3 is 15.3 Å². The van der Waals surface area contributed by atoms with Gasteiger partial charge in [0.2, 0.25) is 5.91 Å². The van der Waals surface area contributed by atoms with E-state index < -0.39 is 30.4 Å². The fourth-order valence-electron chi connectivity index (χ4n) is 1.95. The van der Waals surface area contributed by atoms with Crippen molar-refractivity contribution in [3.63, 3.8) is 0 Å². The second kappa shape index (κ2) is 9.76. The Morgan fingerprint density at radius 2 is 2.00 bits per heavy atom. The Hall–Kier alpha value is -1.44. The molecule has 1 unspecified atom stereocenters. The lowest BCUT2D eigenvalue weighted by atomic mass is 10.1. The second-order valence-electron chi connectivity index (χ2n) is 5.02. The fraction of sp³-hybridized carbons (Fsp3) is 0.400. The first-order valence-corrected chi connectivity index (χ1v) is 9.12. The van der Waals surface area contributed by atoms with Crippen LogP contribution >= 0.6 is 35.0 Å². The maximum absolute atomic E-state index is 12.4. The van der Waals surface area contributed by atoms with Crippen molar-refractivity contribution in [2.45, 2.75) is 12.5 Å². The average molecular weight is 393 g/mol. The zero-order valence-corrected chi connectivity index (χ0v) is 15.5. The molecule has 0 aliphatic carbocycles. The quantitative estimate of drug-likeness (QED) is 0.708. The molecule has 0 aromatic heterocycles. The van der Waals surface area contributed by atoms with Crippen molar-refractivity contribution in [2.75, 3.05) is 25.6 Å². The van der Waals surface area contributed by atoms with Crippen LogP contribution in [0.15, 0.2) is 18.2 Å². The van der Waals surface area contributed by atoms with Crippen LogP contribution in [0.2, 0.25) is 10.0 Å². The second-order valence-corrected chi connectivity index (χ2v) is 6.85. The largest absolute Gasteiger partial charge is 0.480 e. The van der Waals surface area contributed by atoms with Crippen molar-refractivity contribution in [3.05, 3.63) is 33.8 Å². The minimum atomic E-state index is -1.12. The Balaban J connectivity index is 2.90. The number of likely N-dealkylation sites (N-methyl/N-ethyl adjacent to an activating group) is 1. The smallest absolute Gasteiger partial charge is 0.323 e. The zero-order valence-electron chi connectivity index (χ0n) is 13.2. The monoisotopic (exact) mass is 392 g/mol. The predicted octanol–water partition coefficient (Wildman–Crippen LogP) is 2.39. The number of thioether (sulfide) groups is 1. The molecule has 0 saturated carbocycles. The Morgan fingerprint density at radius 3 is 2.54 bits per heavy atom. The summed E-state index contributed by atoms with van der Waals surface area (Å²) in [6.45, 7) is -0.438. The third-order valence-corrected chi connectivity index (χ3v) is 4.33. The number of benzene rings is 1. The normalized spacial score (nSPS) is 11.7. The van der Waals surface area contributed by atoms with Gasteiger partial charge in [-0.2, -0.15) is 11.8 Å². The number of nitrogens with one attached hydrogen (secondary N) is 1. The minimum absolute atomic E-state index is 0.176. The van der Waals surface area contributed by atoms with Crippen LogP contribution in [0.5, 0.6) is 0 Å². The van der Waals surface area contributed by atoms with E-state index >= 15 is 0 Å². The molecule has 1 aromatic rings. The number of halogens is 2. The number of hydrogen-bond donors (Lipinski definition) is 2. The zero-order chi connectivity index (χ0) is 18.3. The summed E-state index contributed by atoms with van der Waals surface area (Å²) in [5, 5.41) is 12.0. The molecular weight excluding hydrogens is 375 g/mol. The third-order valence-electron chi connectivity index (χ3n) is 3.14. The van der Waals surface area contributed by atoms with Crippen LogP contribution < -0.4 is 5.32 Å². The van der Waals surface area contributed by atoms with Crippen molar-refractivity contribution < 1.29 is 19.5 Å². The number of carboxylic acid groups (broad SMARTS) is 1. The molecule has 1 rings (SSSR count). The van der Waals surface area contributed by atoms with Gasteiger partial charge in [-0.3, -0.25) is 14.4 Å². The minimum Gasteiger partial charge on any atom is -0.480 e. The van der Waals surface area contributed by atoms with E-state index in [9.17, 15) is 14.4 Å². The highest BCUT2D eigenvalue weighted by Gasteiger charge is 2.25. The Bertz CT molecular complexity index is 627. The van der Waals surface area contributed by atoms with Crippen LogP contribution in [-0.2, 0) is 9.59 Å². The van der Waals surface area contributed by atoms with Crippen LogP contribution in [0.1, 0.15) is 16.8 Å². The number of nitrogens with zero attached hydrogens (tertiary/aromatic N) is 1. The highest BCUT2D eigenvalue weighted by atomic mass is 35.5. The molecular formula is C15H18Cl2N2O4S. The summed E-state index contributed by atoms with van der Waals surface area (Å²) in [6.07, 6.45) is 2.25. The lowest BCUT2D eigenvalue weighted by Gasteiger charge is -2.23. The lowest BCUT2D eigenvalue weighted by Crippen LogP contribution is -2.48. The average Bonchev–Trinajstić information content (AvgIpc) is 2.49. The fourth-order valence-corrected chi connectivity index (χ4v) is 2.92. The molecule has 1 aromatic carbocycles. The van der Waals surface area contributed by atoms with Gasteiger partial charge in [-0.15, -0.1) is 0 Å². The molecule has 24 heavy (non-hydrogen) atoms. The number of amides is 2. The molecule has 0 bridgehead atoms. The maximum Gasteiger partial charge on any atom is 0.323 e. The lowest BCUT2D eigenvalue weighted by molar-refractivity contribution is -0.144. The molecule has 1 atom stereocenters. The molecule has 2 N–H and O–H groups in total. The molecule has 2 amide bonds. The van der Waals surface area contributed by atoms with E-state index in [0.29, 0.717) is 17.2 Å². The van der Waals surface area contributed by atoms with E-state index in [1.807, 2.05) is 6.26 Å². The standard InChI is InChI=1S/C15H18Cl2N2O4S/c1-19(8-13(20)21)15(23)12(5-6-24-2)18-14(22)10-4-3-9(16)7-11(10)17/h3-4,7,12H,5-6,8H2,1-2H3,(H,18,22)(H,20,21). The number of hydrogen-bond acceptors (Lipinski definition) is 4. The Labute approximate surface area is 154 Å². The summed E-state index contributed by atoms with van der Waals surface area (Å²) >= 11 is 13.3. The molecule has 0 aliphatic rings. The van der Waals surface area contributed by atoms with Crippen molar-refractivity contribution in [2.24, 2.45) is 0 Å². The number of rotatable bonds is 8. The van der Waals surface area contributed by atoms with Gasteiger partial charge in [-0.1, -0.05) is 23.2 Å². The highest BCUT2D eigenvalue weighted by Crippen LogP contribution is 2.21. The number of carboxylic acids is 1. The van der Waals surface area contributed by atoms with E-state index in [1.165, 1.54) is 37.0 Å². The van der Waals surface area contributed by atoms with Crippen LogP contribution in [-0.4, -0.2) is 59.4 Å². The van der Waals surface area contributed by atoms with Gasteiger partial charge in [0.05, 0.1) is 10.6 Å². The van der Waals surface area contributed by atoms with Crippen molar-refractivity contribution in [1.82, 2.24) is 10.2 Å². The molecule has 0 aliphatic heterocycles. The third kappa shape index (κ3) is 6.22. The summed E-state index contributed by atoms with van der Waals surface area (Å²) in [4.78, 5) is 36.6. The van der Waals surface area contributed by atoms with Gasteiger partial charge in [0, 0.05) is 12.1 Å². The topological polar surface area (TPSA) is 86.7 Å². The van der Waals surface area contributed by atoms with Gasteiger partial charge in [0.1, 0.15) is 12.6 Å². The first kappa shape index (κ1) is 20.6. The van der Waals surface area contributed by atoms with Crippen LogP contribution in [0.3, 0.4) is 0 Å². The van der Waals surface area contributed by atoms with Crippen LogP contribution in [0.25, 0.3) is 0 Å². The van der Waals surface area contributed by atoms with Gasteiger partial charge >= 0.3 is 5.97 Å². The molecule has 0 radical (unpaired) electrons. The molecule has 9 heteroatoms.